The van der Waals surface area contributed by atoms with Crippen LogP contribution in [0.4, 0.5) is 11.4 Å². The molecule has 2 amide bonds. The number of hydrogen-bond acceptors (Lipinski definition) is 5. The average molecular weight is 457 g/mol. The van der Waals surface area contributed by atoms with E-state index in [0.717, 1.165) is 23.4 Å². The molecule has 2 aliphatic heterocycles. The molecule has 8 nitrogen and oxygen atoms in total. The van der Waals surface area contributed by atoms with Crippen LogP contribution in [-0.2, 0) is 26.0 Å². The summed E-state index contributed by atoms with van der Waals surface area (Å²) >= 11 is 0. The fourth-order valence-corrected chi connectivity index (χ4v) is 5.74. The number of amides is 2. The first-order valence-corrected chi connectivity index (χ1v) is 12.2. The fourth-order valence-electron chi connectivity index (χ4n) is 4.29. The minimum Gasteiger partial charge on any atom is -0.374 e. The Morgan fingerprint density at radius 3 is 2.31 bits per heavy atom. The van der Waals surface area contributed by atoms with Crippen LogP contribution in [0.2, 0.25) is 0 Å². The molecule has 1 N–H and O–H groups in total. The maximum absolute atomic E-state index is 12.9. The number of carbonyl (C=O) groups excluding carboxylic acids is 2. The second-order valence-corrected chi connectivity index (χ2v) is 10.1. The first kappa shape index (κ1) is 22.3. The van der Waals surface area contributed by atoms with E-state index in [1.54, 1.807) is 47.1 Å². The SMILES string of the molecule is CC(=O)N1CCc2cc(N[C@@H](C)C(=O)N3CCN(S(=O)(=O)c4ccccc4)CC3)ccc21. The van der Waals surface area contributed by atoms with Crippen LogP contribution in [0, 0.1) is 0 Å². The second kappa shape index (κ2) is 8.91. The zero-order chi connectivity index (χ0) is 22.9. The number of piperazine rings is 1. The van der Waals surface area contributed by atoms with Crippen LogP contribution in [0.5, 0.6) is 0 Å². The lowest BCUT2D eigenvalue weighted by Gasteiger charge is -2.35. The molecule has 0 saturated carbocycles. The van der Waals surface area contributed by atoms with Gasteiger partial charge >= 0.3 is 0 Å². The average Bonchev–Trinajstić information content (AvgIpc) is 3.23. The van der Waals surface area contributed by atoms with Crippen LogP contribution in [-0.4, -0.2) is 68.2 Å². The van der Waals surface area contributed by atoms with Crippen molar-refractivity contribution in [3.8, 4) is 0 Å². The van der Waals surface area contributed by atoms with E-state index in [4.69, 9.17) is 0 Å². The van der Waals surface area contributed by atoms with Crippen molar-refractivity contribution in [2.45, 2.75) is 31.2 Å². The van der Waals surface area contributed by atoms with Crippen molar-refractivity contribution in [1.29, 1.82) is 0 Å². The third kappa shape index (κ3) is 4.35. The molecule has 0 bridgehead atoms. The Kier molecular flexibility index (Phi) is 6.21. The number of carbonyl (C=O) groups is 2. The van der Waals surface area contributed by atoms with E-state index in [-0.39, 0.29) is 29.8 Å². The highest BCUT2D eigenvalue weighted by Crippen LogP contribution is 2.30. The summed E-state index contributed by atoms with van der Waals surface area (Å²) in [6, 6.07) is 13.7. The fraction of sp³-hybridized carbons (Fsp3) is 0.391. The van der Waals surface area contributed by atoms with Gasteiger partial charge in [0.2, 0.25) is 21.8 Å². The lowest BCUT2D eigenvalue weighted by atomic mass is 10.1. The Hall–Kier alpha value is -2.91. The molecule has 2 heterocycles. The van der Waals surface area contributed by atoms with Gasteiger partial charge in [0.15, 0.2) is 0 Å². The van der Waals surface area contributed by atoms with E-state index >= 15 is 0 Å². The summed E-state index contributed by atoms with van der Waals surface area (Å²) in [5.41, 5.74) is 2.85. The summed E-state index contributed by atoms with van der Waals surface area (Å²) in [6.07, 6.45) is 0.796. The number of anilines is 2. The Balaban J connectivity index is 1.35. The molecule has 32 heavy (non-hydrogen) atoms. The quantitative estimate of drug-likeness (QED) is 0.743. The van der Waals surface area contributed by atoms with Gasteiger partial charge in [0.1, 0.15) is 6.04 Å². The van der Waals surface area contributed by atoms with Crippen LogP contribution < -0.4 is 10.2 Å². The maximum Gasteiger partial charge on any atom is 0.244 e. The van der Waals surface area contributed by atoms with Gasteiger partial charge in [-0.25, -0.2) is 8.42 Å². The smallest absolute Gasteiger partial charge is 0.244 e. The molecule has 170 valence electrons. The number of hydrogen-bond donors (Lipinski definition) is 1. The molecule has 2 aromatic rings. The van der Waals surface area contributed by atoms with Crippen molar-refractivity contribution >= 4 is 33.2 Å². The number of benzene rings is 2. The van der Waals surface area contributed by atoms with Crippen molar-refractivity contribution in [3.63, 3.8) is 0 Å². The zero-order valence-electron chi connectivity index (χ0n) is 18.3. The molecular formula is C23H28N4O4S. The molecule has 0 aliphatic carbocycles. The first-order chi connectivity index (χ1) is 15.3. The van der Waals surface area contributed by atoms with Gasteiger partial charge in [-0.1, -0.05) is 18.2 Å². The highest BCUT2D eigenvalue weighted by molar-refractivity contribution is 7.89. The van der Waals surface area contributed by atoms with Gasteiger partial charge < -0.3 is 15.1 Å². The Labute approximate surface area is 188 Å². The molecule has 4 rings (SSSR count). The summed E-state index contributed by atoms with van der Waals surface area (Å²) < 4.78 is 27.0. The lowest BCUT2D eigenvalue weighted by Crippen LogP contribution is -2.53. The predicted octanol–water partition coefficient (Wildman–Crippen LogP) is 1.93. The van der Waals surface area contributed by atoms with E-state index in [9.17, 15) is 18.0 Å². The monoisotopic (exact) mass is 456 g/mol. The molecule has 0 aromatic heterocycles. The predicted molar refractivity (Wildman–Crippen MR) is 123 cm³/mol. The summed E-state index contributed by atoms with van der Waals surface area (Å²) in [5.74, 6) is -0.0333. The Bertz CT molecular complexity index is 1110. The summed E-state index contributed by atoms with van der Waals surface area (Å²) in [5, 5.41) is 3.25. The van der Waals surface area contributed by atoms with Gasteiger partial charge in [-0.3, -0.25) is 9.59 Å². The molecule has 1 saturated heterocycles. The zero-order valence-corrected chi connectivity index (χ0v) is 19.1. The maximum atomic E-state index is 12.9. The third-order valence-corrected chi connectivity index (χ3v) is 7.95. The molecular weight excluding hydrogens is 428 g/mol. The topological polar surface area (TPSA) is 90.0 Å². The molecule has 1 fully saturated rings. The standard InChI is InChI=1S/C23H28N4O4S/c1-17(24-20-8-9-22-19(16-20)10-11-27(22)18(2)28)23(29)25-12-14-26(15-13-25)32(30,31)21-6-4-3-5-7-21/h3-9,16-17,24H,10-15H2,1-2H3/t17-/m0/s1. The molecule has 1 atom stereocenters. The molecule has 2 aliphatic rings. The van der Waals surface area contributed by atoms with Crippen LogP contribution in [0.15, 0.2) is 53.4 Å². The van der Waals surface area contributed by atoms with E-state index < -0.39 is 16.1 Å². The van der Waals surface area contributed by atoms with Crippen LogP contribution in [0.25, 0.3) is 0 Å². The molecule has 0 radical (unpaired) electrons. The number of sulfonamides is 1. The highest BCUT2D eigenvalue weighted by atomic mass is 32.2. The van der Waals surface area contributed by atoms with Crippen LogP contribution in [0.1, 0.15) is 19.4 Å². The van der Waals surface area contributed by atoms with Gasteiger partial charge in [0.25, 0.3) is 0 Å². The summed E-state index contributed by atoms with van der Waals surface area (Å²) in [7, 11) is -3.54. The number of nitrogens with one attached hydrogen (secondary N) is 1. The summed E-state index contributed by atoms with van der Waals surface area (Å²) in [4.78, 5) is 28.4. The van der Waals surface area contributed by atoms with Crippen LogP contribution in [0.3, 0.4) is 0 Å². The van der Waals surface area contributed by atoms with Gasteiger partial charge in [-0.15, -0.1) is 0 Å². The van der Waals surface area contributed by atoms with Crippen molar-refractivity contribution in [1.82, 2.24) is 9.21 Å². The molecule has 2 aromatic carbocycles. The highest BCUT2D eigenvalue weighted by Gasteiger charge is 2.31. The lowest BCUT2D eigenvalue weighted by molar-refractivity contribution is -0.132. The molecule has 0 spiro atoms. The van der Waals surface area contributed by atoms with Crippen molar-refractivity contribution in [2.24, 2.45) is 0 Å². The first-order valence-electron chi connectivity index (χ1n) is 10.8. The molecule has 9 heteroatoms. The normalized spacial score (nSPS) is 17.7. The van der Waals surface area contributed by atoms with Crippen LogP contribution >= 0.6 is 0 Å². The third-order valence-electron chi connectivity index (χ3n) is 6.04. The van der Waals surface area contributed by atoms with Crippen molar-refractivity contribution < 1.29 is 18.0 Å². The van der Waals surface area contributed by atoms with E-state index in [1.165, 1.54) is 4.31 Å². The number of rotatable bonds is 5. The number of fused-ring (bicyclic) bond motifs is 1. The van der Waals surface area contributed by atoms with Crippen molar-refractivity contribution in [3.05, 3.63) is 54.1 Å². The van der Waals surface area contributed by atoms with Gasteiger partial charge in [-0.05, 0) is 49.2 Å². The largest absolute Gasteiger partial charge is 0.374 e. The van der Waals surface area contributed by atoms with Gasteiger partial charge in [0, 0.05) is 51.0 Å². The van der Waals surface area contributed by atoms with E-state index in [2.05, 4.69) is 5.32 Å². The van der Waals surface area contributed by atoms with E-state index in [0.29, 0.717) is 19.6 Å². The van der Waals surface area contributed by atoms with E-state index in [1.807, 2.05) is 25.1 Å². The minimum absolute atomic E-state index is 0.0291. The minimum atomic E-state index is -3.54. The second-order valence-electron chi connectivity index (χ2n) is 8.17. The number of nitrogens with zero attached hydrogens (tertiary/aromatic N) is 3. The van der Waals surface area contributed by atoms with Gasteiger partial charge in [0.05, 0.1) is 4.90 Å². The van der Waals surface area contributed by atoms with Gasteiger partial charge in [-0.2, -0.15) is 4.31 Å². The summed E-state index contributed by atoms with van der Waals surface area (Å²) in [6.45, 7) is 5.31. The molecule has 0 unspecified atom stereocenters. The van der Waals surface area contributed by atoms with Crippen molar-refractivity contribution in [2.75, 3.05) is 42.9 Å². The Morgan fingerprint density at radius 2 is 1.66 bits per heavy atom. The Morgan fingerprint density at radius 1 is 0.969 bits per heavy atom.